The molecule has 0 bridgehead atoms. The van der Waals surface area contributed by atoms with Crippen LogP contribution in [0.1, 0.15) is 32.5 Å². The summed E-state index contributed by atoms with van der Waals surface area (Å²) in [6.07, 6.45) is 2.99. The summed E-state index contributed by atoms with van der Waals surface area (Å²) in [6, 6.07) is 3.96. The minimum Gasteiger partial charge on any atom is -0.338 e. The van der Waals surface area contributed by atoms with Crippen molar-refractivity contribution in [3.05, 3.63) is 39.6 Å². The van der Waals surface area contributed by atoms with Crippen molar-refractivity contribution in [3.8, 4) is 0 Å². The van der Waals surface area contributed by atoms with Crippen molar-refractivity contribution in [2.45, 2.75) is 33.7 Å². The molecule has 21 heavy (non-hydrogen) atoms. The maximum absolute atomic E-state index is 12.5. The Labute approximate surface area is 129 Å². The molecule has 1 aliphatic rings. The number of amides is 1. The molecule has 3 heterocycles. The van der Waals surface area contributed by atoms with Gasteiger partial charge in [-0.2, -0.15) is 0 Å². The number of aryl methyl sites for hydroxylation is 3. The first kappa shape index (κ1) is 14.3. The standard InChI is InChI=1S/C16H21N3OS/c1-11-8-17-13(3)19(11)10-14-6-7-18(9-14)16(20)15-5-4-12(2)21-15/h4-5,8,14H,6-7,9-10H2,1-3H3. The van der Waals surface area contributed by atoms with Crippen LogP contribution < -0.4 is 0 Å². The number of aromatic nitrogens is 2. The Morgan fingerprint density at radius 3 is 2.81 bits per heavy atom. The van der Waals surface area contributed by atoms with Crippen LogP contribution in [0.25, 0.3) is 0 Å². The van der Waals surface area contributed by atoms with Gasteiger partial charge in [0.2, 0.25) is 0 Å². The van der Waals surface area contributed by atoms with Crippen LogP contribution in [0.3, 0.4) is 0 Å². The van der Waals surface area contributed by atoms with E-state index >= 15 is 0 Å². The quantitative estimate of drug-likeness (QED) is 0.874. The molecule has 0 aromatic carbocycles. The van der Waals surface area contributed by atoms with Gasteiger partial charge in [-0.3, -0.25) is 4.79 Å². The fourth-order valence-electron chi connectivity index (χ4n) is 2.99. The minimum absolute atomic E-state index is 0.190. The van der Waals surface area contributed by atoms with Crippen molar-refractivity contribution in [1.29, 1.82) is 0 Å². The molecule has 0 radical (unpaired) electrons. The van der Waals surface area contributed by atoms with Crippen LogP contribution >= 0.6 is 11.3 Å². The number of carbonyl (C=O) groups is 1. The van der Waals surface area contributed by atoms with E-state index in [1.807, 2.05) is 37.1 Å². The Kier molecular flexibility index (Phi) is 3.85. The number of rotatable bonds is 3. The molecule has 0 aliphatic carbocycles. The van der Waals surface area contributed by atoms with E-state index in [1.54, 1.807) is 11.3 Å². The summed E-state index contributed by atoms with van der Waals surface area (Å²) in [5.74, 6) is 1.78. The first-order chi connectivity index (χ1) is 10.0. The molecule has 2 aromatic rings. The van der Waals surface area contributed by atoms with Crippen LogP contribution in [0.2, 0.25) is 0 Å². The Balaban J connectivity index is 1.64. The molecule has 4 nitrogen and oxygen atoms in total. The van der Waals surface area contributed by atoms with E-state index in [0.29, 0.717) is 5.92 Å². The molecule has 1 amide bonds. The molecule has 0 N–H and O–H groups in total. The van der Waals surface area contributed by atoms with Gasteiger partial charge < -0.3 is 9.47 Å². The van der Waals surface area contributed by atoms with Crippen molar-refractivity contribution in [1.82, 2.24) is 14.5 Å². The SMILES string of the molecule is Cc1ccc(C(=O)N2CCC(Cn3c(C)cnc3C)C2)s1. The van der Waals surface area contributed by atoms with Gasteiger partial charge >= 0.3 is 0 Å². The average Bonchev–Trinajstić information content (AvgIpc) is 3.15. The lowest BCUT2D eigenvalue weighted by atomic mass is 10.1. The Morgan fingerprint density at radius 1 is 1.38 bits per heavy atom. The zero-order valence-electron chi connectivity index (χ0n) is 12.8. The number of thiophene rings is 1. The molecule has 1 aliphatic heterocycles. The van der Waals surface area contributed by atoms with E-state index in [0.717, 1.165) is 36.8 Å². The lowest BCUT2D eigenvalue weighted by Gasteiger charge is -2.17. The summed E-state index contributed by atoms with van der Waals surface area (Å²) >= 11 is 1.59. The third-order valence-electron chi connectivity index (χ3n) is 4.22. The van der Waals surface area contributed by atoms with Crippen LogP contribution in [0, 0.1) is 26.7 Å². The van der Waals surface area contributed by atoms with Gasteiger partial charge in [-0.25, -0.2) is 4.98 Å². The van der Waals surface area contributed by atoms with Crippen molar-refractivity contribution in [3.63, 3.8) is 0 Å². The number of carbonyl (C=O) groups excluding carboxylic acids is 1. The van der Waals surface area contributed by atoms with Gasteiger partial charge in [-0.05, 0) is 45.2 Å². The number of likely N-dealkylation sites (tertiary alicyclic amines) is 1. The maximum Gasteiger partial charge on any atom is 0.263 e. The highest BCUT2D eigenvalue weighted by molar-refractivity contribution is 7.13. The fourth-order valence-corrected chi connectivity index (χ4v) is 3.82. The second kappa shape index (κ2) is 5.64. The summed E-state index contributed by atoms with van der Waals surface area (Å²) < 4.78 is 2.26. The molecule has 2 aromatic heterocycles. The summed E-state index contributed by atoms with van der Waals surface area (Å²) in [6.45, 7) is 8.86. The van der Waals surface area contributed by atoms with Crippen LogP contribution in [0.5, 0.6) is 0 Å². The van der Waals surface area contributed by atoms with E-state index < -0.39 is 0 Å². The fraction of sp³-hybridized carbons (Fsp3) is 0.500. The molecule has 3 rings (SSSR count). The van der Waals surface area contributed by atoms with Crippen LogP contribution in [0.4, 0.5) is 0 Å². The third-order valence-corrected chi connectivity index (χ3v) is 5.21. The first-order valence-electron chi connectivity index (χ1n) is 7.39. The number of hydrogen-bond acceptors (Lipinski definition) is 3. The van der Waals surface area contributed by atoms with Gasteiger partial charge in [0.1, 0.15) is 5.82 Å². The van der Waals surface area contributed by atoms with Crippen LogP contribution in [-0.2, 0) is 6.54 Å². The predicted octanol–water partition coefficient (Wildman–Crippen LogP) is 3.03. The molecule has 5 heteroatoms. The largest absolute Gasteiger partial charge is 0.338 e. The highest BCUT2D eigenvalue weighted by Crippen LogP contribution is 2.24. The van der Waals surface area contributed by atoms with Crippen molar-refractivity contribution < 1.29 is 4.79 Å². The zero-order chi connectivity index (χ0) is 15.0. The van der Waals surface area contributed by atoms with Gasteiger partial charge in [-0.1, -0.05) is 0 Å². The first-order valence-corrected chi connectivity index (χ1v) is 8.20. The molecular weight excluding hydrogens is 282 g/mol. The second-order valence-electron chi connectivity index (χ2n) is 5.87. The molecular formula is C16H21N3OS. The topological polar surface area (TPSA) is 38.1 Å². The summed E-state index contributed by atoms with van der Waals surface area (Å²) in [5.41, 5.74) is 1.20. The number of imidazole rings is 1. The van der Waals surface area contributed by atoms with Gasteiger partial charge in [0, 0.05) is 36.4 Å². The van der Waals surface area contributed by atoms with Gasteiger partial charge in [-0.15, -0.1) is 11.3 Å². The molecule has 0 saturated carbocycles. The van der Waals surface area contributed by atoms with E-state index in [9.17, 15) is 4.79 Å². The highest BCUT2D eigenvalue weighted by Gasteiger charge is 2.28. The summed E-state index contributed by atoms with van der Waals surface area (Å²) in [5, 5.41) is 0. The lowest BCUT2D eigenvalue weighted by Crippen LogP contribution is -2.28. The average molecular weight is 303 g/mol. The second-order valence-corrected chi connectivity index (χ2v) is 7.16. The maximum atomic E-state index is 12.5. The van der Waals surface area contributed by atoms with Gasteiger partial charge in [0.05, 0.1) is 4.88 Å². The van der Waals surface area contributed by atoms with E-state index in [2.05, 4.69) is 16.5 Å². The Bertz CT molecular complexity index is 639. The van der Waals surface area contributed by atoms with E-state index in [1.165, 1.54) is 10.6 Å². The van der Waals surface area contributed by atoms with Gasteiger partial charge in [0.25, 0.3) is 5.91 Å². The number of hydrogen-bond donors (Lipinski definition) is 0. The summed E-state index contributed by atoms with van der Waals surface area (Å²) in [7, 11) is 0. The monoisotopic (exact) mass is 303 g/mol. The minimum atomic E-state index is 0.190. The highest BCUT2D eigenvalue weighted by atomic mass is 32.1. The van der Waals surface area contributed by atoms with Crippen molar-refractivity contribution in [2.24, 2.45) is 5.92 Å². The van der Waals surface area contributed by atoms with Crippen molar-refractivity contribution in [2.75, 3.05) is 13.1 Å². The van der Waals surface area contributed by atoms with E-state index in [-0.39, 0.29) is 5.91 Å². The Hall–Kier alpha value is -1.62. The lowest BCUT2D eigenvalue weighted by molar-refractivity contribution is 0.0790. The normalized spacial score (nSPS) is 18.4. The van der Waals surface area contributed by atoms with E-state index in [4.69, 9.17) is 0 Å². The number of nitrogens with zero attached hydrogens (tertiary/aromatic N) is 3. The smallest absolute Gasteiger partial charge is 0.263 e. The molecule has 1 fully saturated rings. The molecule has 112 valence electrons. The molecule has 1 unspecified atom stereocenters. The summed E-state index contributed by atoms with van der Waals surface area (Å²) in [4.78, 5) is 20.9. The Morgan fingerprint density at radius 2 is 2.19 bits per heavy atom. The van der Waals surface area contributed by atoms with Crippen molar-refractivity contribution >= 4 is 17.2 Å². The molecule has 1 saturated heterocycles. The van der Waals surface area contributed by atoms with Crippen LogP contribution in [0.15, 0.2) is 18.3 Å². The predicted molar refractivity (Wildman–Crippen MR) is 84.8 cm³/mol. The van der Waals surface area contributed by atoms with Crippen LogP contribution in [-0.4, -0.2) is 33.4 Å². The van der Waals surface area contributed by atoms with Gasteiger partial charge in [0.15, 0.2) is 0 Å². The zero-order valence-corrected chi connectivity index (χ0v) is 13.6. The molecule has 1 atom stereocenters. The third kappa shape index (κ3) is 2.88. The molecule has 0 spiro atoms.